The van der Waals surface area contributed by atoms with Gasteiger partial charge in [0.05, 0.1) is 22.4 Å². The number of nitrogens with zero attached hydrogens (tertiary/aromatic N) is 3. The minimum Gasteiger partial charge on any atom is -0.355 e. The van der Waals surface area contributed by atoms with Crippen LogP contribution in [0.2, 0.25) is 0 Å². The second-order valence-corrected chi connectivity index (χ2v) is 17.1. The summed E-state index contributed by atoms with van der Waals surface area (Å²) in [4.78, 5) is 10.5. The highest BCUT2D eigenvalue weighted by atomic mass is 15.0. The summed E-state index contributed by atoms with van der Waals surface area (Å²) in [7, 11) is 0. The lowest BCUT2D eigenvalue weighted by Gasteiger charge is -2.17. The molecule has 4 heteroatoms. The zero-order chi connectivity index (χ0) is 44.4. The predicted octanol–water partition coefficient (Wildman–Crippen LogP) is 16.4. The molecule has 0 unspecified atom stereocenters. The Balaban J connectivity index is 0.000000632. The minimum atomic E-state index is 0.692. The Kier molecular flexibility index (Phi) is 10.8. The van der Waals surface area contributed by atoms with Crippen LogP contribution < -0.4 is 5.32 Å². The highest BCUT2D eigenvalue weighted by Gasteiger charge is 2.21. The fourth-order valence-corrected chi connectivity index (χ4v) is 9.33. The first-order valence-corrected chi connectivity index (χ1v) is 22.8. The molecule has 0 atom stereocenters. The fraction of sp³-hybridized carbons (Fsp3) is 0.0645. The summed E-state index contributed by atoms with van der Waals surface area (Å²) in [6.07, 6.45) is 8.91. The van der Waals surface area contributed by atoms with Gasteiger partial charge in [0.1, 0.15) is 0 Å². The van der Waals surface area contributed by atoms with E-state index in [4.69, 9.17) is 9.97 Å². The van der Waals surface area contributed by atoms with E-state index in [0.29, 0.717) is 5.82 Å². The third-order valence-corrected chi connectivity index (χ3v) is 12.6. The van der Waals surface area contributed by atoms with Gasteiger partial charge in [-0.1, -0.05) is 182 Å². The lowest BCUT2D eigenvalue weighted by Crippen LogP contribution is -2.02. The molecule has 0 bridgehead atoms. The minimum absolute atomic E-state index is 0.692. The van der Waals surface area contributed by atoms with Crippen LogP contribution in [-0.4, -0.2) is 14.5 Å². The summed E-state index contributed by atoms with van der Waals surface area (Å²) >= 11 is 0. The van der Waals surface area contributed by atoms with Crippen molar-refractivity contribution in [3.05, 3.63) is 241 Å². The first-order valence-electron chi connectivity index (χ1n) is 22.8. The Labute approximate surface area is 386 Å². The van der Waals surface area contributed by atoms with Gasteiger partial charge in [-0.15, -0.1) is 0 Å². The number of nitrogens with one attached hydrogen (secondary N) is 1. The van der Waals surface area contributed by atoms with Crippen molar-refractivity contribution in [1.82, 2.24) is 14.5 Å². The van der Waals surface area contributed by atoms with Gasteiger partial charge < -0.3 is 9.88 Å². The molecule has 12 rings (SSSR count). The molecule has 0 aliphatic heterocycles. The average Bonchev–Trinajstić information content (AvgIpc) is 3.72. The molecule has 316 valence electrons. The van der Waals surface area contributed by atoms with Gasteiger partial charge in [-0.05, 0) is 108 Å². The number of aryl methyl sites for hydroxylation is 2. The van der Waals surface area contributed by atoms with Gasteiger partial charge in [-0.2, -0.15) is 0 Å². The van der Waals surface area contributed by atoms with Crippen molar-refractivity contribution in [2.75, 3.05) is 5.32 Å². The molecule has 2 aromatic heterocycles. The Hall–Kier alpha value is -8.34. The van der Waals surface area contributed by atoms with Crippen LogP contribution in [0, 0.1) is 13.8 Å². The highest BCUT2D eigenvalue weighted by Crippen LogP contribution is 2.43. The zero-order valence-electron chi connectivity index (χ0n) is 37.1. The predicted molar refractivity (Wildman–Crippen MR) is 278 cm³/mol. The summed E-state index contributed by atoms with van der Waals surface area (Å²) in [5, 5.41) is 8.86. The van der Waals surface area contributed by atoms with Crippen molar-refractivity contribution in [3.63, 3.8) is 0 Å². The van der Waals surface area contributed by atoms with E-state index in [1.165, 1.54) is 55.0 Å². The van der Waals surface area contributed by atoms with E-state index >= 15 is 0 Å². The number of rotatable bonds is 8. The fourth-order valence-electron chi connectivity index (χ4n) is 9.33. The lowest BCUT2D eigenvalue weighted by atomic mass is 9.98. The molecule has 0 spiro atoms. The molecule has 0 saturated heterocycles. The third kappa shape index (κ3) is 7.95. The maximum atomic E-state index is 5.27. The molecule has 66 heavy (non-hydrogen) atoms. The Morgan fingerprint density at radius 2 is 1.06 bits per heavy atom. The SMILES string of the molecule is Cc1cc2c3c(ccc4cccc(c43)n2-c2ccc(-c3cc(-c4cccc(-c5ccccc5)c4)nc(-c4cccc(-c5ccccc5)c4)n3)cc2)c1NC1=CCCC=C1.Cc1ccccc1. The second kappa shape index (κ2) is 17.7. The van der Waals surface area contributed by atoms with Gasteiger partial charge in [-0.25, -0.2) is 9.97 Å². The molecule has 1 aliphatic rings. The van der Waals surface area contributed by atoms with Gasteiger partial charge in [0.15, 0.2) is 5.82 Å². The van der Waals surface area contributed by atoms with E-state index in [1.54, 1.807) is 0 Å². The van der Waals surface area contributed by atoms with Gasteiger partial charge in [0.2, 0.25) is 0 Å². The smallest absolute Gasteiger partial charge is 0.160 e. The molecule has 0 saturated carbocycles. The van der Waals surface area contributed by atoms with E-state index in [2.05, 4.69) is 224 Å². The molecule has 1 N–H and O–H groups in total. The first-order chi connectivity index (χ1) is 32.5. The zero-order valence-corrected chi connectivity index (χ0v) is 37.1. The van der Waals surface area contributed by atoms with E-state index < -0.39 is 0 Å². The van der Waals surface area contributed by atoms with Crippen molar-refractivity contribution in [2.24, 2.45) is 0 Å². The normalized spacial score (nSPS) is 12.3. The molecule has 0 radical (unpaired) electrons. The van der Waals surface area contributed by atoms with Gasteiger partial charge >= 0.3 is 0 Å². The maximum Gasteiger partial charge on any atom is 0.160 e. The van der Waals surface area contributed by atoms with Crippen molar-refractivity contribution < 1.29 is 0 Å². The summed E-state index contributed by atoms with van der Waals surface area (Å²) in [6.45, 7) is 4.30. The number of hydrogen-bond donors (Lipinski definition) is 1. The van der Waals surface area contributed by atoms with E-state index in [-0.39, 0.29) is 0 Å². The van der Waals surface area contributed by atoms with Crippen LogP contribution in [0.15, 0.2) is 230 Å². The molecule has 0 fully saturated rings. The van der Waals surface area contributed by atoms with Crippen molar-refractivity contribution in [3.8, 4) is 61.8 Å². The average molecular weight is 849 g/mol. The van der Waals surface area contributed by atoms with Crippen LogP contribution in [0.5, 0.6) is 0 Å². The van der Waals surface area contributed by atoms with Gasteiger partial charge in [0, 0.05) is 49.9 Å². The first kappa shape index (κ1) is 40.4. The van der Waals surface area contributed by atoms with Crippen molar-refractivity contribution in [2.45, 2.75) is 26.7 Å². The maximum absolute atomic E-state index is 5.27. The Morgan fingerprint density at radius 1 is 0.455 bits per heavy atom. The van der Waals surface area contributed by atoms with Crippen LogP contribution in [-0.2, 0) is 0 Å². The largest absolute Gasteiger partial charge is 0.355 e. The topological polar surface area (TPSA) is 42.7 Å². The molecule has 2 heterocycles. The number of allylic oxidation sites excluding steroid dienone is 3. The molecular formula is C62H48N4. The van der Waals surface area contributed by atoms with E-state index in [9.17, 15) is 0 Å². The second-order valence-electron chi connectivity index (χ2n) is 17.1. The molecular weight excluding hydrogens is 801 g/mol. The number of hydrogen-bond acceptors (Lipinski definition) is 3. The molecule has 0 amide bonds. The molecule has 11 aromatic rings. The molecule has 4 nitrogen and oxygen atoms in total. The standard InChI is InChI=1S/C55H40N4.C7H8/c1-36-32-51-53-47(54(36)56-45-23-9-4-10-24-45)31-28-40-18-13-25-50(52(40)53)59(51)46-29-26-39(27-30-46)48-35-49(43-21-11-19-41(33-43)37-14-5-2-6-15-37)58-55(57-48)44-22-12-20-42(34-44)38-16-7-3-8-17-38;1-7-5-3-2-4-6-7/h2-3,5-9,11-35,56H,4,10H2,1H3;2-6H,1H3. The van der Waals surface area contributed by atoms with Crippen LogP contribution in [0.25, 0.3) is 94.4 Å². The summed E-state index contributed by atoms with van der Waals surface area (Å²) in [6, 6.07) is 73.0. The van der Waals surface area contributed by atoms with Gasteiger partial charge in [0.25, 0.3) is 0 Å². The Morgan fingerprint density at radius 3 is 1.71 bits per heavy atom. The number of benzene rings is 9. The summed E-state index contributed by atoms with van der Waals surface area (Å²) < 4.78 is 2.42. The third-order valence-electron chi connectivity index (χ3n) is 12.6. The molecule has 9 aromatic carbocycles. The highest BCUT2D eigenvalue weighted by molar-refractivity contribution is 6.26. The Bertz CT molecular complexity index is 3450. The van der Waals surface area contributed by atoms with Crippen LogP contribution in [0.4, 0.5) is 5.69 Å². The monoisotopic (exact) mass is 848 g/mol. The van der Waals surface area contributed by atoms with Crippen LogP contribution >= 0.6 is 0 Å². The van der Waals surface area contributed by atoms with E-state index in [1.807, 2.05) is 24.3 Å². The summed E-state index contributed by atoms with van der Waals surface area (Å²) in [5.41, 5.74) is 17.8. The number of aromatic nitrogens is 3. The quantitative estimate of drug-likeness (QED) is 0.155. The van der Waals surface area contributed by atoms with E-state index in [0.717, 1.165) is 69.0 Å². The number of anilines is 1. The molecule has 1 aliphatic carbocycles. The summed E-state index contributed by atoms with van der Waals surface area (Å²) in [5.74, 6) is 0.692. The van der Waals surface area contributed by atoms with Crippen molar-refractivity contribution in [1.29, 1.82) is 0 Å². The van der Waals surface area contributed by atoms with Crippen molar-refractivity contribution >= 4 is 38.3 Å². The van der Waals surface area contributed by atoms with Gasteiger partial charge in [-0.3, -0.25) is 0 Å². The lowest BCUT2D eigenvalue weighted by molar-refractivity contribution is 1.02. The van der Waals surface area contributed by atoms with Crippen LogP contribution in [0.1, 0.15) is 24.0 Å². The van der Waals surface area contributed by atoms with Crippen LogP contribution in [0.3, 0.4) is 0 Å².